The molecule has 0 amide bonds. The lowest BCUT2D eigenvalue weighted by Gasteiger charge is -2.22. The van der Waals surface area contributed by atoms with E-state index in [9.17, 15) is 0 Å². The van der Waals surface area contributed by atoms with Crippen LogP contribution in [0.2, 0.25) is 0 Å². The molecule has 2 N–H and O–H groups in total. The van der Waals surface area contributed by atoms with Crippen LogP contribution in [0.5, 0.6) is 17.2 Å². The predicted octanol–water partition coefficient (Wildman–Crippen LogP) is 2.72. The van der Waals surface area contributed by atoms with E-state index >= 15 is 0 Å². The summed E-state index contributed by atoms with van der Waals surface area (Å²) in [6, 6.07) is 4.64. The van der Waals surface area contributed by atoms with Crippen molar-refractivity contribution in [3.63, 3.8) is 0 Å². The summed E-state index contributed by atoms with van der Waals surface area (Å²) in [7, 11) is 6.70. The Kier molecular flexibility index (Phi) is 10.2. The number of guanidine groups is 1. The lowest BCUT2D eigenvalue weighted by molar-refractivity contribution is 0.265. The number of halogens is 1. The number of ether oxygens (including phenoxy) is 3. The van der Waals surface area contributed by atoms with Gasteiger partial charge in [-0.1, -0.05) is 6.92 Å². The first-order valence-electron chi connectivity index (χ1n) is 9.43. The number of aliphatic imine (C=N–C) groups is 1. The van der Waals surface area contributed by atoms with E-state index in [4.69, 9.17) is 14.2 Å². The van der Waals surface area contributed by atoms with E-state index in [0.29, 0.717) is 30.3 Å². The standard InChI is InChI=1S/C20H34N4O3.HI/c1-13(2)24-11-14(3)17(12-24)23-20(21-4)22-10-16-18(26-6)8-15(25-5)9-19(16)27-7;/h8-9,13-14,17H,10-12H2,1-7H3,(H2,21,22,23);1H. The van der Waals surface area contributed by atoms with Gasteiger partial charge in [0.05, 0.1) is 33.4 Å². The maximum absolute atomic E-state index is 5.52. The molecule has 1 aromatic rings. The lowest BCUT2D eigenvalue weighted by atomic mass is 10.1. The third kappa shape index (κ3) is 6.04. The zero-order valence-corrected chi connectivity index (χ0v) is 20.4. The van der Waals surface area contributed by atoms with Crippen LogP contribution in [0.15, 0.2) is 17.1 Å². The van der Waals surface area contributed by atoms with Crippen LogP contribution in [-0.4, -0.2) is 64.4 Å². The van der Waals surface area contributed by atoms with Crippen LogP contribution in [0.4, 0.5) is 0 Å². The summed E-state index contributed by atoms with van der Waals surface area (Å²) in [4.78, 5) is 6.88. The second kappa shape index (κ2) is 11.5. The second-order valence-corrected chi connectivity index (χ2v) is 7.21. The number of hydrogen-bond acceptors (Lipinski definition) is 5. The first kappa shape index (κ1) is 24.6. The van der Waals surface area contributed by atoms with Gasteiger partial charge in [-0.25, -0.2) is 0 Å². The Balaban J connectivity index is 0.00000392. The molecule has 1 fully saturated rings. The van der Waals surface area contributed by atoms with Gasteiger partial charge < -0.3 is 24.8 Å². The van der Waals surface area contributed by atoms with Gasteiger partial charge in [-0.15, -0.1) is 24.0 Å². The van der Waals surface area contributed by atoms with Crippen molar-refractivity contribution < 1.29 is 14.2 Å². The van der Waals surface area contributed by atoms with Crippen molar-refractivity contribution in [2.75, 3.05) is 41.5 Å². The van der Waals surface area contributed by atoms with Crippen molar-refractivity contribution >= 4 is 29.9 Å². The molecule has 28 heavy (non-hydrogen) atoms. The third-order valence-corrected chi connectivity index (χ3v) is 5.17. The minimum atomic E-state index is 0. The van der Waals surface area contributed by atoms with Gasteiger partial charge in [-0.3, -0.25) is 9.89 Å². The first-order valence-corrected chi connectivity index (χ1v) is 9.43. The molecule has 0 radical (unpaired) electrons. The molecule has 0 spiro atoms. The van der Waals surface area contributed by atoms with E-state index in [2.05, 4.69) is 41.3 Å². The van der Waals surface area contributed by atoms with Crippen LogP contribution < -0.4 is 24.8 Å². The van der Waals surface area contributed by atoms with E-state index in [1.165, 1.54) is 0 Å². The van der Waals surface area contributed by atoms with Crippen molar-refractivity contribution in [2.45, 2.75) is 39.4 Å². The predicted molar refractivity (Wildman–Crippen MR) is 125 cm³/mol. The molecule has 2 unspecified atom stereocenters. The smallest absolute Gasteiger partial charge is 0.191 e. The molecule has 0 aromatic heterocycles. The van der Waals surface area contributed by atoms with Crippen LogP contribution in [0.3, 0.4) is 0 Å². The summed E-state index contributed by atoms with van der Waals surface area (Å²) in [6.07, 6.45) is 0. The Morgan fingerprint density at radius 1 is 1.14 bits per heavy atom. The highest BCUT2D eigenvalue weighted by Crippen LogP contribution is 2.33. The normalized spacial score (nSPS) is 19.9. The summed E-state index contributed by atoms with van der Waals surface area (Å²) in [5, 5.41) is 6.94. The number of methoxy groups -OCH3 is 3. The fourth-order valence-electron chi connectivity index (χ4n) is 3.41. The monoisotopic (exact) mass is 506 g/mol. The molecule has 1 aromatic carbocycles. The summed E-state index contributed by atoms with van der Waals surface area (Å²) in [5.41, 5.74) is 0.923. The number of likely N-dealkylation sites (tertiary alicyclic amines) is 1. The molecule has 2 atom stereocenters. The highest BCUT2D eigenvalue weighted by Gasteiger charge is 2.31. The van der Waals surface area contributed by atoms with E-state index in [-0.39, 0.29) is 24.0 Å². The second-order valence-electron chi connectivity index (χ2n) is 7.21. The topological polar surface area (TPSA) is 67.4 Å². The average Bonchev–Trinajstić information content (AvgIpc) is 3.05. The van der Waals surface area contributed by atoms with E-state index in [1.807, 2.05) is 12.1 Å². The highest BCUT2D eigenvalue weighted by molar-refractivity contribution is 14.0. The van der Waals surface area contributed by atoms with Crippen molar-refractivity contribution in [3.8, 4) is 17.2 Å². The Bertz CT molecular complexity index is 629. The van der Waals surface area contributed by atoms with Gasteiger partial charge in [-0.05, 0) is 19.8 Å². The number of hydrogen-bond donors (Lipinski definition) is 2. The van der Waals surface area contributed by atoms with Gasteiger partial charge in [0.25, 0.3) is 0 Å². The summed E-state index contributed by atoms with van der Waals surface area (Å²) in [6.45, 7) is 9.42. The molecule has 8 heteroatoms. The van der Waals surface area contributed by atoms with Crippen LogP contribution >= 0.6 is 24.0 Å². The molecule has 2 rings (SSSR count). The summed E-state index contributed by atoms with van der Waals surface area (Å²) >= 11 is 0. The van der Waals surface area contributed by atoms with Crippen molar-refractivity contribution in [3.05, 3.63) is 17.7 Å². The Morgan fingerprint density at radius 2 is 1.75 bits per heavy atom. The van der Waals surface area contributed by atoms with Crippen LogP contribution in [0, 0.1) is 5.92 Å². The van der Waals surface area contributed by atoms with Gasteiger partial charge in [0.1, 0.15) is 17.2 Å². The van der Waals surface area contributed by atoms with Crippen molar-refractivity contribution in [1.82, 2.24) is 15.5 Å². The quantitative estimate of drug-likeness (QED) is 0.337. The summed E-state index contributed by atoms with van der Waals surface area (Å²) in [5.74, 6) is 3.47. The Morgan fingerprint density at radius 3 is 2.18 bits per heavy atom. The number of rotatable bonds is 7. The minimum absolute atomic E-state index is 0. The van der Waals surface area contributed by atoms with Gasteiger partial charge >= 0.3 is 0 Å². The van der Waals surface area contributed by atoms with E-state index in [1.54, 1.807) is 28.4 Å². The average molecular weight is 506 g/mol. The molecule has 1 saturated heterocycles. The lowest BCUT2D eigenvalue weighted by Crippen LogP contribution is -2.46. The fourth-order valence-corrected chi connectivity index (χ4v) is 3.41. The van der Waals surface area contributed by atoms with E-state index in [0.717, 1.165) is 36.1 Å². The van der Waals surface area contributed by atoms with Crippen LogP contribution in [0.25, 0.3) is 0 Å². The molecular weight excluding hydrogens is 471 g/mol. The zero-order valence-electron chi connectivity index (χ0n) is 18.0. The van der Waals surface area contributed by atoms with Gasteiger partial charge in [0.15, 0.2) is 5.96 Å². The molecule has 1 heterocycles. The Labute approximate surface area is 186 Å². The molecule has 0 aliphatic carbocycles. The van der Waals surface area contributed by atoms with Gasteiger partial charge in [0.2, 0.25) is 0 Å². The largest absolute Gasteiger partial charge is 0.496 e. The maximum atomic E-state index is 5.52. The Hall–Kier alpha value is -1.42. The number of nitrogens with zero attached hydrogens (tertiary/aromatic N) is 2. The molecular formula is C20H35IN4O3. The molecule has 0 bridgehead atoms. The molecule has 1 aliphatic heterocycles. The van der Waals surface area contributed by atoms with Crippen molar-refractivity contribution in [2.24, 2.45) is 10.9 Å². The maximum Gasteiger partial charge on any atom is 0.191 e. The van der Waals surface area contributed by atoms with Crippen molar-refractivity contribution in [1.29, 1.82) is 0 Å². The number of benzene rings is 1. The fraction of sp³-hybridized carbons (Fsp3) is 0.650. The molecule has 7 nitrogen and oxygen atoms in total. The highest BCUT2D eigenvalue weighted by atomic mass is 127. The molecule has 0 saturated carbocycles. The third-order valence-electron chi connectivity index (χ3n) is 5.17. The minimum Gasteiger partial charge on any atom is -0.496 e. The van der Waals surface area contributed by atoms with Crippen LogP contribution in [0.1, 0.15) is 26.3 Å². The van der Waals surface area contributed by atoms with Crippen LogP contribution in [-0.2, 0) is 6.54 Å². The molecule has 160 valence electrons. The van der Waals surface area contributed by atoms with Gasteiger partial charge in [-0.2, -0.15) is 0 Å². The van der Waals surface area contributed by atoms with E-state index < -0.39 is 0 Å². The summed E-state index contributed by atoms with van der Waals surface area (Å²) < 4.78 is 16.4. The van der Waals surface area contributed by atoms with Gasteiger partial charge in [0, 0.05) is 44.4 Å². The molecule has 1 aliphatic rings. The zero-order chi connectivity index (χ0) is 20.0. The first-order chi connectivity index (χ1) is 12.9. The number of nitrogens with one attached hydrogen (secondary N) is 2. The SMILES string of the molecule is CN=C(NCc1c(OC)cc(OC)cc1OC)NC1CN(C(C)C)CC1C.I.